The molecule has 0 saturated heterocycles. The van der Waals surface area contributed by atoms with Gasteiger partial charge in [0.15, 0.2) is 0 Å². The third-order valence-corrected chi connectivity index (χ3v) is 3.98. The zero-order valence-electron chi connectivity index (χ0n) is 8.44. The van der Waals surface area contributed by atoms with Gasteiger partial charge in [0.2, 0.25) is 10.0 Å². The van der Waals surface area contributed by atoms with Crippen molar-refractivity contribution in [2.24, 2.45) is 0 Å². The summed E-state index contributed by atoms with van der Waals surface area (Å²) in [7, 11) is -3.67. The molecule has 1 aromatic carbocycles. The average molecular weight is 268 g/mol. The third kappa shape index (κ3) is 3.07. The number of benzene rings is 1. The molecule has 0 spiro atoms. The minimum atomic E-state index is -3.67. The molecule has 1 aromatic rings. The fourth-order valence-electron chi connectivity index (χ4n) is 0.923. The lowest BCUT2D eigenvalue weighted by molar-refractivity contribution is 0.296. The molecule has 0 aromatic heterocycles. The van der Waals surface area contributed by atoms with Crippen molar-refractivity contribution >= 4 is 27.3 Å². The van der Waals surface area contributed by atoms with Crippen molar-refractivity contribution in [1.82, 2.24) is 0 Å². The van der Waals surface area contributed by atoms with Crippen molar-refractivity contribution in [2.45, 2.75) is 12.2 Å². The molecule has 1 unspecified atom stereocenters. The second-order valence-corrected chi connectivity index (χ2v) is 5.78. The Morgan fingerprint density at radius 3 is 2.69 bits per heavy atom. The minimum Gasteiger partial charge on any atom is -0.395 e. The number of halogens is 2. The summed E-state index contributed by atoms with van der Waals surface area (Å²) in [5, 5.41) is 7.62. The highest BCUT2D eigenvalue weighted by Crippen LogP contribution is 2.20. The number of aliphatic hydroxyl groups is 1. The van der Waals surface area contributed by atoms with E-state index in [2.05, 4.69) is 4.72 Å². The van der Waals surface area contributed by atoms with E-state index in [4.69, 9.17) is 16.7 Å². The highest BCUT2D eigenvalue weighted by molar-refractivity contribution is 7.93. The van der Waals surface area contributed by atoms with Crippen LogP contribution in [0.25, 0.3) is 0 Å². The normalized spacial score (nSPS) is 13.5. The van der Waals surface area contributed by atoms with E-state index in [9.17, 15) is 12.8 Å². The fraction of sp³-hybridized carbons (Fsp3) is 0.333. The summed E-state index contributed by atoms with van der Waals surface area (Å²) in [5.74, 6) is -0.625. The molecule has 90 valence electrons. The second kappa shape index (κ2) is 4.99. The van der Waals surface area contributed by atoms with Crippen LogP contribution in [0.2, 0.25) is 5.02 Å². The first-order chi connectivity index (χ1) is 7.36. The highest BCUT2D eigenvalue weighted by Gasteiger charge is 2.19. The Morgan fingerprint density at radius 2 is 2.19 bits per heavy atom. The van der Waals surface area contributed by atoms with E-state index in [1.165, 1.54) is 19.1 Å². The predicted octanol–water partition coefficient (Wildman–Crippen LogP) is 1.60. The summed E-state index contributed by atoms with van der Waals surface area (Å²) in [5.41, 5.74) is 0.159. The maximum Gasteiger partial charge on any atom is 0.237 e. The Kier molecular flexibility index (Phi) is 4.12. The summed E-state index contributed by atoms with van der Waals surface area (Å²) in [4.78, 5) is 0. The molecule has 0 aliphatic heterocycles. The van der Waals surface area contributed by atoms with E-state index >= 15 is 0 Å². The van der Waals surface area contributed by atoms with Gasteiger partial charge in [-0.3, -0.25) is 4.72 Å². The number of rotatable bonds is 4. The molecule has 0 amide bonds. The van der Waals surface area contributed by atoms with Gasteiger partial charge in [0, 0.05) is 0 Å². The number of anilines is 1. The van der Waals surface area contributed by atoms with Crippen molar-refractivity contribution in [3.63, 3.8) is 0 Å². The summed E-state index contributed by atoms with van der Waals surface area (Å²) < 4.78 is 38.0. The Bertz CT molecular complexity index is 478. The molecule has 0 aliphatic carbocycles. The lowest BCUT2D eigenvalue weighted by Crippen LogP contribution is -2.28. The Balaban J connectivity index is 2.93. The van der Waals surface area contributed by atoms with E-state index in [-0.39, 0.29) is 10.7 Å². The van der Waals surface area contributed by atoms with Gasteiger partial charge in [-0.25, -0.2) is 12.8 Å². The van der Waals surface area contributed by atoms with Crippen LogP contribution in [0.15, 0.2) is 18.2 Å². The van der Waals surface area contributed by atoms with Crippen molar-refractivity contribution in [2.75, 3.05) is 11.3 Å². The lowest BCUT2D eigenvalue weighted by Gasteiger charge is -2.12. The molecule has 1 rings (SSSR count). The molecule has 0 fully saturated rings. The van der Waals surface area contributed by atoms with Gasteiger partial charge < -0.3 is 5.11 Å². The molecule has 0 radical (unpaired) electrons. The van der Waals surface area contributed by atoms with Crippen molar-refractivity contribution in [3.8, 4) is 0 Å². The molecular weight excluding hydrogens is 257 g/mol. The van der Waals surface area contributed by atoms with Gasteiger partial charge in [0.05, 0.1) is 17.3 Å². The lowest BCUT2D eigenvalue weighted by atomic mass is 10.3. The van der Waals surface area contributed by atoms with Gasteiger partial charge in [-0.15, -0.1) is 0 Å². The molecule has 0 aliphatic rings. The van der Waals surface area contributed by atoms with Crippen molar-refractivity contribution in [1.29, 1.82) is 0 Å². The van der Waals surface area contributed by atoms with E-state index < -0.39 is 27.7 Å². The fourth-order valence-corrected chi connectivity index (χ4v) is 1.96. The van der Waals surface area contributed by atoms with Crippen LogP contribution in [0.3, 0.4) is 0 Å². The number of aliphatic hydroxyl groups excluding tert-OH is 1. The Labute approximate surface area is 98.1 Å². The Morgan fingerprint density at radius 1 is 1.56 bits per heavy atom. The van der Waals surface area contributed by atoms with Crippen LogP contribution in [0.5, 0.6) is 0 Å². The van der Waals surface area contributed by atoms with Gasteiger partial charge >= 0.3 is 0 Å². The summed E-state index contributed by atoms with van der Waals surface area (Å²) >= 11 is 5.50. The molecule has 2 N–H and O–H groups in total. The second-order valence-electron chi connectivity index (χ2n) is 3.27. The summed E-state index contributed by atoms with van der Waals surface area (Å²) in [6.45, 7) is 0.859. The van der Waals surface area contributed by atoms with E-state index in [1.54, 1.807) is 0 Å². The number of hydrogen-bond donors (Lipinski definition) is 2. The van der Waals surface area contributed by atoms with Gasteiger partial charge in [-0.05, 0) is 25.1 Å². The maximum atomic E-state index is 12.8. The number of nitrogens with one attached hydrogen (secondary N) is 1. The van der Waals surface area contributed by atoms with Crippen LogP contribution >= 0.6 is 11.6 Å². The molecule has 0 heterocycles. The zero-order chi connectivity index (χ0) is 12.3. The first-order valence-corrected chi connectivity index (χ1v) is 6.37. The molecule has 0 bridgehead atoms. The van der Waals surface area contributed by atoms with Crippen LogP contribution in [-0.2, 0) is 10.0 Å². The van der Waals surface area contributed by atoms with Gasteiger partial charge in [0.25, 0.3) is 0 Å². The van der Waals surface area contributed by atoms with E-state index in [0.717, 1.165) is 6.07 Å². The number of hydrogen-bond acceptors (Lipinski definition) is 3. The van der Waals surface area contributed by atoms with Gasteiger partial charge in [-0.1, -0.05) is 11.6 Å². The predicted molar refractivity (Wildman–Crippen MR) is 60.5 cm³/mol. The van der Waals surface area contributed by atoms with Crippen molar-refractivity contribution in [3.05, 3.63) is 29.0 Å². The van der Waals surface area contributed by atoms with E-state index in [0.29, 0.717) is 0 Å². The van der Waals surface area contributed by atoms with Gasteiger partial charge in [-0.2, -0.15) is 0 Å². The standard InChI is InChI=1S/C9H11ClFNO3S/c1-6(5-13)16(14,15)12-7-2-3-9(11)8(10)4-7/h2-4,6,12-13H,5H2,1H3. The van der Waals surface area contributed by atoms with Crippen LogP contribution in [0.4, 0.5) is 10.1 Å². The molecule has 1 atom stereocenters. The smallest absolute Gasteiger partial charge is 0.237 e. The highest BCUT2D eigenvalue weighted by atomic mass is 35.5. The van der Waals surface area contributed by atoms with Crippen LogP contribution < -0.4 is 4.72 Å². The SMILES string of the molecule is CC(CO)S(=O)(=O)Nc1ccc(F)c(Cl)c1. The maximum absolute atomic E-state index is 12.8. The molecule has 7 heteroatoms. The minimum absolute atomic E-state index is 0.159. The van der Waals surface area contributed by atoms with Crippen molar-refractivity contribution < 1.29 is 17.9 Å². The average Bonchev–Trinajstić information content (AvgIpc) is 2.22. The van der Waals surface area contributed by atoms with Gasteiger partial charge in [0.1, 0.15) is 11.1 Å². The van der Waals surface area contributed by atoms with Crippen LogP contribution in [0, 0.1) is 5.82 Å². The van der Waals surface area contributed by atoms with Crippen LogP contribution in [-0.4, -0.2) is 25.4 Å². The number of sulfonamides is 1. The van der Waals surface area contributed by atoms with Crippen LogP contribution in [0.1, 0.15) is 6.92 Å². The largest absolute Gasteiger partial charge is 0.395 e. The molecular formula is C9H11ClFNO3S. The molecule has 16 heavy (non-hydrogen) atoms. The first kappa shape index (κ1) is 13.2. The quantitative estimate of drug-likeness (QED) is 0.871. The molecule has 4 nitrogen and oxygen atoms in total. The summed E-state index contributed by atoms with van der Waals surface area (Å²) in [6.07, 6.45) is 0. The Hall–Kier alpha value is -0.850. The first-order valence-electron chi connectivity index (χ1n) is 4.44. The monoisotopic (exact) mass is 267 g/mol. The third-order valence-electron chi connectivity index (χ3n) is 1.97. The zero-order valence-corrected chi connectivity index (χ0v) is 10.0. The topological polar surface area (TPSA) is 66.4 Å². The molecule has 0 saturated carbocycles. The summed E-state index contributed by atoms with van der Waals surface area (Å²) in [6, 6.07) is 3.48. The van der Waals surface area contributed by atoms with E-state index in [1.807, 2.05) is 0 Å².